The normalized spacial score (nSPS) is 23.9. The standard InChI is InChI=1S/C39H57N3O8/c1-9-23(2)28-21-30(49-8)29(35-34(46)33(45)32(44)31(22-43)50-35)20-27(28)19-26-11-10-25(18-24(26)3)12-13-38(4,5)36(47)41-39(6,7)37(48)42-16-14-40-15-17-42/h10-13,18,20-21,23,31-35,40,43-46H,9,14-17,19,22H2,1-8H3,(H,41,47)/b13-12+/t23?,31-,32?,33+,34+,35+/m1/s1. The molecule has 2 unspecified atom stereocenters. The van der Waals surface area contributed by atoms with E-state index in [0.29, 0.717) is 30.8 Å². The summed E-state index contributed by atoms with van der Waals surface area (Å²) in [6, 6.07) is 10.0. The van der Waals surface area contributed by atoms with Crippen molar-refractivity contribution in [2.75, 3.05) is 39.9 Å². The van der Waals surface area contributed by atoms with Crippen LogP contribution in [0.1, 0.15) is 93.4 Å². The zero-order valence-electron chi connectivity index (χ0n) is 30.8. The number of amides is 2. The van der Waals surface area contributed by atoms with Crippen LogP contribution >= 0.6 is 0 Å². The van der Waals surface area contributed by atoms with Crippen LogP contribution in [0, 0.1) is 12.3 Å². The first-order chi connectivity index (χ1) is 23.5. The minimum atomic E-state index is -1.50. The Morgan fingerprint density at radius 1 is 1.06 bits per heavy atom. The molecule has 2 aromatic carbocycles. The molecular weight excluding hydrogens is 638 g/mol. The summed E-state index contributed by atoms with van der Waals surface area (Å²) in [4.78, 5) is 28.3. The van der Waals surface area contributed by atoms with Crippen molar-refractivity contribution in [3.63, 3.8) is 0 Å². The van der Waals surface area contributed by atoms with Gasteiger partial charge >= 0.3 is 0 Å². The van der Waals surface area contributed by atoms with E-state index in [9.17, 15) is 30.0 Å². The van der Waals surface area contributed by atoms with E-state index in [4.69, 9.17) is 9.47 Å². The topological polar surface area (TPSA) is 161 Å². The Balaban J connectivity index is 1.56. The zero-order valence-corrected chi connectivity index (χ0v) is 30.8. The average molecular weight is 696 g/mol. The minimum absolute atomic E-state index is 0.0907. The number of nitrogens with one attached hydrogen (secondary N) is 2. The second kappa shape index (κ2) is 16.4. The molecule has 6 N–H and O–H groups in total. The monoisotopic (exact) mass is 695 g/mol. The number of ether oxygens (including phenoxy) is 2. The van der Waals surface area contributed by atoms with Gasteiger partial charge in [0.15, 0.2) is 0 Å². The highest BCUT2D eigenvalue weighted by molar-refractivity contribution is 5.93. The Morgan fingerprint density at radius 3 is 2.34 bits per heavy atom. The van der Waals surface area contributed by atoms with Gasteiger partial charge in [-0.2, -0.15) is 0 Å². The highest BCUT2D eigenvalue weighted by atomic mass is 16.5. The number of aryl methyl sites for hydroxylation is 1. The number of nitrogens with zero attached hydrogens (tertiary/aromatic N) is 1. The maximum Gasteiger partial charge on any atom is 0.247 e. The first-order valence-corrected chi connectivity index (χ1v) is 17.7. The molecule has 2 fully saturated rings. The molecule has 0 aromatic heterocycles. The lowest BCUT2D eigenvalue weighted by Gasteiger charge is -2.40. The van der Waals surface area contributed by atoms with Crippen LogP contribution in [0.15, 0.2) is 36.4 Å². The van der Waals surface area contributed by atoms with Crippen LogP contribution in [0.2, 0.25) is 0 Å². The molecule has 2 aliphatic rings. The van der Waals surface area contributed by atoms with Gasteiger partial charge in [-0.25, -0.2) is 0 Å². The van der Waals surface area contributed by atoms with Crippen LogP contribution in [0.5, 0.6) is 5.75 Å². The second-order valence-electron chi connectivity index (χ2n) is 14.9. The molecule has 0 spiro atoms. The molecule has 2 aromatic rings. The van der Waals surface area contributed by atoms with Crippen LogP contribution in [-0.2, 0) is 20.7 Å². The van der Waals surface area contributed by atoms with E-state index in [0.717, 1.165) is 47.3 Å². The quantitative estimate of drug-likeness (QED) is 0.196. The van der Waals surface area contributed by atoms with E-state index in [1.54, 1.807) is 18.7 Å². The van der Waals surface area contributed by atoms with Gasteiger partial charge in [-0.15, -0.1) is 0 Å². The maximum absolute atomic E-state index is 13.4. The summed E-state index contributed by atoms with van der Waals surface area (Å²) in [7, 11) is 1.54. The lowest BCUT2D eigenvalue weighted by Crippen LogP contribution is -2.60. The predicted octanol–water partition coefficient (Wildman–Crippen LogP) is 2.99. The van der Waals surface area contributed by atoms with Crippen molar-refractivity contribution in [1.29, 1.82) is 0 Å². The van der Waals surface area contributed by atoms with Crippen molar-refractivity contribution in [1.82, 2.24) is 15.5 Å². The van der Waals surface area contributed by atoms with Crippen molar-refractivity contribution in [2.24, 2.45) is 5.41 Å². The number of benzene rings is 2. The lowest BCUT2D eigenvalue weighted by molar-refractivity contribution is -0.232. The van der Waals surface area contributed by atoms with E-state index in [1.807, 2.05) is 51.1 Å². The van der Waals surface area contributed by atoms with E-state index in [1.165, 1.54) is 7.11 Å². The fourth-order valence-corrected chi connectivity index (χ4v) is 6.62. The second-order valence-corrected chi connectivity index (χ2v) is 14.9. The van der Waals surface area contributed by atoms with Crippen LogP contribution in [0.4, 0.5) is 0 Å². The van der Waals surface area contributed by atoms with Crippen LogP contribution in [-0.4, -0.2) is 107 Å². The van der Waals surface area contributed by atoms with Gasteiger partial charge in [0, 0.05) is 31.7 Å². The molecule has 0 bridgehead atoms. The molecular formula is C39H57N3O8. The predicted molar refractivity (Wildman–Crippen MR) is 193 cm³/mol. The number of hydrogen-bond acceptors (Lipinski definition) is 9. The summed E-state index contributed by atoms with van der Waals surface area (Å²) < 4.78 is 11.7. The van der Waals surface area contributed by atoms with Crippen LogP contribution in [0.3, 0.4) is 0 Å². The lowest BCUT2D eigenvalue weighted by atomic mass is 9.84. The summed E-state index contributed by atoms with van der Waals surface area (Å²) in [6.07, 6.45) is -1.19. The Labute approximate surface area is 296 Å². The Bertz CT molecular complexity index is 1530. The van der Waals surface area contributed by atoms with Gasteiger partial charge in [0.25, 0.3) is 0 Å². The largest absolute Gasteiger partial charge is 0.496 e. The van der Waals surface area contributed by atoms with Gasteiger partial charge in [-0.1, -0.05) is 44.2 Å². The molecule has 4 rings (SSSR count). The summed E-state index contributed by atoms with van der Waals surface area (Å²) >= 11 is 0. The third-order valence-electron chi connectivity index (χ3n) is 10.2. The number of aliphatic hydroxyl groups is 4. The molecule has 276 valence electrons. The summed E-state index contributed by atoms with van der Waals surface area (Å²) in [6.45, 7) is 15.7. The van der Waals surface area contributed by atoms with Crippen molar-refractivity contribution in [3.8, 4) is 5.75 Å². The summed E-state index contributed by atoms with van der Waals surface area (Å²) in [5, 5.41) is 47.8. The third-order valence-corrected chi connectivity index (χ3v) is 10.2. The van der Waals surface area contributed by atoms with Crippen LogP contribution < -0.4 is 15.4 Å². The Morgan fingerprint density at radius 2 is 1.74 bits per heavy atom. The molecule has 2 saturated heterocycles. The average Bonchev–Trinajstić information content (AvgIpc) is 3.10. The van der Waals surface area contributed by atoms with Gasteiger partial charge in [0.05, 0.1) is 19.1 Å². The van der Waals surface area contributed by atoms with E-state index in [-0.39, 0.29) is 17.7 Å². The zero-order chi connectivity index (χ0) is 37.0. The van der Waals surface area contributed by atoms with Crippen molar-refractivity contribution < 1.29 is 39.5 Å². The smallest absolute Gasteiger partial charge is 0.247 e. The number of piperazine rings is 1. The molecule has 2 amide bonds. The van der Waals surface area contributed by atoms with Crippen molar-refractivity contribution in [3.05, 3.63) is 69.8 Å². The molecule has 11 heteroatoms. The van der Waals surface area contributed by atoms with Crippen molar-refractivity contribution in [2.45, 2.75) is 103 Å². The SMILES string of the molecule is CCC(C)c1cc(OC)c([C@@H]2O[C@H](CO)C(O)[C@H](O)[C@@H]2O)cc1Cc1ccc(/C=C/C(C)(C)C(=O)NC(C)(C)C(=O)N2CCNCC2)cc1C. The number of carbonyl (C=O) groups is 2. The number of carbonyl (C=O) groups excluding carboxylic acids is 2. The first kappa shape index (κ1) is 39.5. The molecule has 11 nitrogen and oxygen atoms in total. The molecule has 6 atom stereocenters. The minimum Gasteiger partial charge on any atom is -0.496 e. The van der Waals surface area contributed by atoms with Gasteiger partial charge in [-0.3, -0.25) is 9.59 Å². The third kappa shape index (κ3) is 8.75. The van der Waals surface area contributed by atoms with E-state index < -0.39 is 48.1 Å². The Kier molecular flexibility index (Phi) is 12.9. The molecule has 50 heavy (non-hydrogen) atoms. The molecule has 0 aliphatic carbocycles. The van der Waals surface area contributed by atoms with E-state index >= 15 is 0 Å². The van der Waals surface area contributed by atoms with Gasteiger partial charge < -0.3 is 45.4 Å². The number of hydrogen-bond donors (Lipinski definition) is 6. The van der Waals surface area contributed by atoms with Crippen molar-refractivity contribution >= 4 is 17.9 Å². The first-order valence-electron chi connectivity index (χ1n) is 17.7. The summed E-state index contributed by atoms with van der Waals surface area (Å²) in [5.41, 5.74) is 3.79. The number of methoxy groups -OCH3 is 1. The van der Waals surface area contributed by atoms with Gasteiger partial charge in [0.2, 0.25) is 11.8 Å². The molecule has 0 radical (unpaired) electrons. The Hall–Kier alpha value is -3.32. The summed E-state index contributed by atoms with van der Waals surface area (Å²) in [5.74, 6) is 0.374. The van der Waals surface area contributed by atoms with Crippen LogP contribution in [0.25, 0.3) is 6.08 Å². The number of aliphatic hydroxyl groups excluding tert-OH is 4. The highest BCUT2D eigenvalue weighted by Gasteiger charge is 2.45. The molecule has 2 heterocycles. The maximum atomic E-state index is 13.4. The van der Waals surface area contributed by atoms with E-state index in [2.05, 4.69) is 36.6 Å². The fourth-order valence-electron chi connectivity index (χ4n) is 6.62. The molecule has 0 saturated carbocycles. The molecule has 2 aliphatic heterocycles. The van der Waals surface area contributed by atoms with Gasteiger partial charge in [-0.05, 0) is 93.3 Å². The fraction of sp³-hybridized carbons (Fsp3) is 0.590. The highest BCUT2D eigenvalue weighted by Crippen LogP contribution is 2.41. The van der Waals surface area contributed by atoms with Gasteiger partial charge in [0.1, 0.15) is 41.8 Å². The number of rotatable bonds is 12.